The number of allylic oxidation sites excluding steroid dienone is 1. The number of fused-ring (bicyclic) bond motifs is 1. The Balaban J connectivity index is 2.09. The lowest BCUT2D eigenvalue weighted by atomic mass is 9.84. The number of rotatable bonds is 2. The quantitative estimate of drug-likeness (QED) is 0.658. The van der Waals surface area contributed by atoms with Gasteiger partial charge in [0.2, 0.25) is 0 Å². The minimum absolute atomic E-state index is 0.260. The lowest BCUT2D eigenvalue weighted by molar-refractivity contribution is 0.100. The SMILES string of the molecule is Cc1cc(F)ccc1C1=CCCc2ccc(C(=O)N=C(N)N)cc21. The highest BCUT2D eigenvalue weighted by atomic mass is 19.1. The lowest BCUT2D eigenvalue weighted by Crippen LogP contribution is -2.24. The second-order valence-electron chi connectivity index (χ2n) is 5.83. The van der Waals surface area contributed by atoms with Gasteiger partial charge in [-0.2, -0.15) is 4.99 Å². The molecule has 1 aliphatic rings. The van der Waals surface area contributed by atoms with Crippen molar-refractivity contribution in [3.8, 4) is 0 Å². The van der Waals surface area contributed by atoms with Crippen LogP contribution in [0.25, 0.3) is 5.57 Å². The van der Waals surface area contributed by atoms with Gasteiger partial charge in [-0.05, 0) is 71.9 Å². The minimum atomic E-state index is -0.474. The Bertz CT molecular complexity index is 880. The summed E-state index contributed by atoms with van der Waals surface area (Å²) in [6.07, 6.45) is 3.92. The van der Waals surface area contributed by atoms with Gasteiger partial charge in [-0.25, -0.2) is 4.39 Å². The fourth-order valence-electron chi connectivity index (χ4n) is 3.03. The van der Waals surface area contributed by atoms with E-state index in [-0.39, 0.29) is 11.8 Å². The first-order valence-corrected chi connectivity index (χ1v) is 7.69. The summed E-state index contributed by atoms with van der Waals surface area (Å²) >= 11 is 0. The van der Waals surface area contributed by atoms with Gasteiger partial charge in [-0.3, -0.25) is 4.79 Å². The number of nitrogens with zero attached hydrogens (tertiary/aromatic N) is 1. The zero-order valence-corrected chi connectivity index (χ0v) is 13.3. The molecule has 0 unspecified atom stereocenters. The lowest BCUT2D eigenvalue weighted by Gasteiger charge is -2.20. The maximum absolute atomic E-state index is 13.4. The van der Waals surface area contributed by atoms with E-state index in [0.29, 0.717) is 5.56 Å². The number of nitrogens with two attached hydrogens (primary N) is 2. The highest BCUT2D eigenvalue weighted by Gasteiger charge is 2.18. The fraction of sp³-hybridized carbons (Fsp3) is 0.158. The van der Waals surface area contributed by atoms with E-state index in [1.54, 1.807) is 18.2 Å². The summed E-state index contributed by atoms with van der Waals surface area (Å²) < 4.78 is 13.4. The van der Waals surface area contributed by atoms with Crippen molar-refractivity contribution in [1.82, 2.24) is 0 Å². The van der Waals surface area contributed by atoms with Crippen LogP contribution in [0, 0.1) is 12.7 Å². The average Bonchev–Trinajstić information content (AvgIpc) is 2.53. The molecule has 2 aromatic carbocycles. The number of aliphatic imine (C=N–C) groups is 1. The van der Waals surface area contributed by atoms with E-state index in [4.69, 9.17) is 11.5 Å². The first-order chi connectivity index (χ1) is 11.5. The van der Waals surface area contributed by atoms with E-state index in [1.165, 1.54) is 12.1 Å². The van der Waals surface area contributed by atoms with Gasteiger partial charge in [0.05, 0.1) is 0 Å². The predicted octanol–water partition coefficient (Wildman–Crippen LogP) is 2.93. The zero-order chi connectivity index (χ0) is 17.3. The molecule has 0 saturated carbocycles. The van der Waals surface area contributed by atoms with Crippen molar-refractivity contribution in [2.45, 2.75) is 19.8 Å². The molecule has 0 aromatic heterocycles. The maximum Gasteiger partial charge on any atom is 0.280 e. The van der Waals surface area contributed by atoms with Gasteiger partial charge in [0.15, 0.2) is 5.96 Å². The molecule has 5 heteroatoms. The van der Waals surface area contributed by atoms with E-state index >= 15 is 0 Å². The van der Waals surface area contributed by atoms with Crippen LogP contribution in [0.2, 0.25) is 0 Å². The number of halogens is 1. The van der Waals surface area contributed by atoms with E-state index in [1.807, 2.05) is 13.0 Å². The van der Waals surface area contributed by atoms with Gasteiger partial charge >= 0.3 is 0 Å². The smallest absolute Gasteiger partial charge is 0.280 e. The monoisotopic (exact) mass is 323 g/mol. The third-order valence-electron chi connectivity index (χ3n) is 4.12. The first-order valence-electron chi connectivity index (χ1n) is 7.69. The Morgan fingerprint density at radius 2 is 1.92 bits per heavy atom. The third kappa shape index (κ3) is 3.06. The van der Waals surface area contributed by atoms with E-state index in [9.17, 15) is 9.18 Å². The van der Waals surface area contributed by atoms with Crippen molar-refractivity contribution in [3.05, 3.63) is 76.1 Å². The van der Waals surface area contributed by atoms with Gasteiger partial charge in [-0.15, -0.1) is 0 Å². The summed E-state index contributed by atoms with van der Waals surface area (Å²) in [7, 11) is 0. The molecule has 0 spiro atoms. The number of benzene rings is 2. The molecule has 0 radical (unpaired) electrons. The molecule has 4 nitrogen and oxygen atoms in total. The molecule has 0 saturated heterocycles. The third-order valence-corrected chi connectivity index (χ3v) is 4.12. The van der Waals surface area contributed by atoms with Crippen molar-refractivity contribution < 1.29 is 9.18 Å². The van der Waals surface area contributed by atoms with E-state index < -0.39 is 5.91 Å². The van der Waals surface area contributed by atoms with Crippen molar-refractivity contribution in [2.75, 3.05) is 0 Å². The molecule has 0 bridgehead atoms. The van der Waals surface area contributed by atoms with Crippen molar-refractivity contribution in [2.24, 2.45) is 16.5 Å². The number of amides is 1. The number of aryl methyl sites for hydroxylation is 2. The molecule has 2 aromatic rings. The number of guanidine groups is 1. The van der Waals surface area contributed by atoms with Crippen molar-refractivity contribution in [3.63, 3.8) is 0 Å². The van der Waals surface area contributed by atoms with Crippen LogP contribution in [-0.2, 0) is 6.42 Å². The second kappa shape index (κ2) is 6.28. The summed E-state index contributed by atoms with van der Waals surface area (Å²) in [6.45, 7) is 1.88. The van der Waals surface area contributed by atoms with Gasteiger partial charge < -0.3 is 11.5 Å². The van der Waals surface area contributed by atoms with Gasteiger partial charge in [-0.1, -0.05) is 18.2 Å². The van der Waals surface area contributed by atoms with Crippen LogP contribution in [0.1, 0.15) is 39.0 Å². The molecule has 0 aliphatic heterocycles. The molecule has 0 atom stereocenters. The number of hydrogen-bond acceptors (Lipinski definition) is 1. The molecule has 1 aliphatic carbocycles. The van der Waals surface area contributed by atoms with Crippen molar-refractivity contribution >= 4 is 17.4 Å². The fourth-order valence-corrected chi connectivity index (χ4v) is 3.03. The predicted molar refractivity (Wildman–Crippen MR) is 93.1 cm³/mol. The highest BCUT2D eigenvalue weighted by molar-refractivity contribution is 6.02. The van der Waals surface area contributed by atoms with Crippen LogP contribution in [0.5, 0.6) is 0 Å². The van der Waals surface area contributed by atoms with Crippen LogP contribution < -0.4 is 11.5 Å². The van der Waals surface area contributed by atoms with Crippen LogP contribution in [0.4, 0.5) is 4.39 Å². The first kappa shape index (κ1) is 15.9. The van der Waals surface area contributed by atoms with E-state index in [2.05, 4.69) is 11.1 Å². The van der Waals surface area contributed by atoms with Crippen LogP contribution in [-0.4, -0.2) is 11.9 Å². The van der Waals surface area contributed by atoms with Crippen molar-refractivity contribution in [1.29, 1.82) is 0 Å². The molecule has 24 heavy (non-hydrogen) atoms. The molecule has 122 valence electrons. The molecule has 0 fully saturated rings. The van der Waals surface area contributed by atoms with Gasteiger partial charge in [0.25, 0.3) is 5.91 Å². The summed E-state index contributed by atoms with van der Waals surface area (Å²) in [5.41, 5.74) is 15.9. The molecule has 1 amide bonds. The number of carbonyl (C=O) groups excluding carboxylic acids is 1. The van der Waals surface area contributed by atoms with Gasteiger partial charge in [0.1, 0.15) is 5.82 Å². The number of carbonyl (C=O) groups is 1. The summed E-state index contributed by atoms with van der Waals surface area (Å²) in [4.78, 5) is 15.7. The second-order valence-corrected chi connectivity index (χ2v) is 5.83. The Morgan fingerprint density at radius 1 is 1.12 bits per heavy atom. The molecular formula is C19H18FN3O. The summed E-state index contributed by atoms with van der Waals surface area (Å²) in [5.74, 6) is -0.994. The normalized spacial score (nSPS) is 13.0. The van der Waals surface area contributed by atoms with Gasteiger partial charge in [0, 0.05) is 5.56 Å². The zero-order valence-electron chi connectivity index (χ0n) is 13.3. The molecule has 0 heterocycles. The van der Waals surface area contributed by atoms with E-state index in [0.717, 1.165) is 40.7 Å². The molecular weight excluding hydrogens is 305 g/mol. The Morgan fingerprint density at radius 3 is 2.62 bits per heavy atom. The number of hydrogen-bond donors (Lipinski definition) is 2. The molecule has 3 rings (SSSR count). The topological polar surface area (TPSA) is 81.5 Å². The highest BCUT2D eigenvalue weighted by Crippen LogP contribution is 2.34. The Hall–Kier alpha value is -2.95. The maximum atomic E-state index is 13.4. The van der Waals surface area contributed by atoms with Crippen LogP contribution in [0.3, 0.4) is 0 Å². The standard InChI is InChI=1S/C19H18FN3O/c1-11-9-14(20)7-8-15(11)16-4-2-3-12-5-6-13(10-17(12)16)18(24)23-19(21)22/h4-10H,2-3H2,1H3,(H4,21,22,23,24). The summed E-state index contributed by atoms with van der Waals surface area (Å²) in [6, 6.07) is 10.2. The summed E-state index contributed by atoms with van der Waals surface area (Å²) in [5, 5.41) is 0. The Labute approximate surface area is 139 Å². The average molecular weight is 323 g/mol. The van der Waals surface area contributed by atoms with Crippen LogP contribution >= 0.6 is 0 Å². The Kier molecular flexibility index (Phi) is 4.16. The minimum Gasteiger partial charge on any atom is -0.370 e. The molecule has 4 N–H and O–H groups in total. The van der Waals surface area contributed by atoms with Crippen LogP contribution in [0.15, 0.2) is 47.5 Å². The largest absolute Gasteiger partial charge is 0.370 e.